The highest BCUT2D eigenvalue weighted by Crippen LogP contribution is 2.22. The van der Waals surface area contributed by atoms with Crippen LogP contribution in [0.1, 0.15) is 15.9 Å². The number of methoxy groups -OCH3 is 1. The second-order valence-electron chi connectivity index (χ2n) is 4.30. The maximum Gasteiger partial charge on any atom is 0.169 e. The van der Waals surface area contributed by atoms with E-state index in [9.17, 15) is 9.18 Å². The van der Waals surface area contributed by atoms with Gasteiger partial charge in [-0.3, -0.25) is 4.79 Å². The van der Waals surface area contributed by atoms with E-state index in [0.29, 0.717) is 27.0 Å². The summed E-state index contributed by atoms with van der Waals surface area (Å²) in [4.78, 5) is 12.3. The molecule has 0 aromatic heterocycles. The van der Waals surface area contributed by atoms with E-state index in [2.05, 4.69) is 15.9 Å². The van der Waals surface area contributed by atoms with Crippen molar-refractivity contribution in [3.05, 3.63) is 57.8 Å². The van der Waals surface area contributed by atoms with Gasteiger partial charge in [0.1, 0.15) is 11.6 Å². The molecule has 0 saturated heterocycles. The third-order valence-electron chi connectivity index (χ3n) is 2.91. The van der Waals surface area contributed by atoms with Crippen LogP contribution in [0.2, 0.25) is 0 Å². The molecular weight excluding hydrogens is 325 g/mol. The van der Waals surface area contributed by atoms with E-state index in [4.69, 9.17) is 10.5 Å². The summed E-state index contributed by atoms with van der Waals surface area (Å²) in [5, 5.41) is 0. The van der Waals surface area contributed by atoms with Gasteiger partial charge in [-0.15, -0.1) is 0 Å². The van der Waals surface area contributed by atoms with Crippen molar-refractivity contribution in [1.29, 1.82) is 0 Å². The van der Waals surface area contributed by atoms with E-state index in [1.165, 1.54) is 13.2 Å². The lowest BCUT2D eigenvalue weighted by Gasteiger charge is -2.08. The van der Waals surface area contributed by atoms with Crippen molar-refractivity contribution >= 4 is 27.4 Å². The van der Waals surface area contributed by atoms with Gasteiger partial charge in [-0.2, -0.15) is 0 Å². The Kier molecular flexibility index (Phi) is 4.39. The predicted octanol–water partition coefficient (Wildman–Crippen LogP) is 3.60. The van der Waals surface area contributed by atoms with Crippen LogP contribution in [0.15, 0.2) is 40.9 Å². The Labute approximate surface area is 124 Å². The molecule has 0 atom stereocenters. The van der Waals surface area contributed by atoms with Crippen molar-refractivity contribution < 1.29 is 13.9 Å². The van der Waals surface area contributed by atoms with Crippen LogP contribution in [0, 0.1) is 5.82 Å². The molecule has 104 valence electrons. The highest BCUT2D eigenvalue weighted by molar-refractivity contribution is 9.10. The van der Waals surface area contributed by atoms with Gasteiger partial charge in [-0.1, -0.05) is 6.07 Å². The van der Waals surface area contributed by atoms with Crippen LogP contribution in [0.4, 0.5) is 10.1 Å². The van der Waals surface area contributed by atoms with Crippen molar-refractivity contribution in [2.75, 3.05) is 12.8 Å². The molecule has 2 aromatic rings. The molecule has 0 fully saturated rings. The zero-order valence-electron chi connectivity index (χ0n) is 10.8. The molecule has 0 bridgehead atoms. The van der Waals surface area contributed by atoms with Gasteiger partial charge in [-0.25, -0.2) is 4.39 Å². The van der Waals surface area contributed by atoms with Gasteiger partial charge in [0.05, 0.1) is 11.6 Å². The number of nitrogen functional groups attached to an aromatic ring is 1. The third-order valence-corrected chi connectivity index (χ3v) is 3.52. The minimum atomic E-state index is -0.359. The maximum atomic E-state index is 13.2. The summed E-state index contributed by atoms with van der Waals surface area (Å²) in [5.74, 6) is 0.0739. The Morgan fingerprint density at radius 3 is 2.70 bits per heavy atom. The van der Waals surface area contributed by atoms with Gasteiger partial charge in [0.2, 0.25) is 0 Å². The number of rotatable bonds is 4. The molecule has 0 saturated carbocycles. The standard InChI is InChI=1S/C15H13BrFNO2/c1-20-10-3-5-14(18)11(8-10)15(19)7-9-2-4-13(17)12(16)6-9/h2-6,8H,7,18H2,1H3. The van der Waals surface area contributed by atoms with Crippen LogP contribution in [0.3, 0.4) is 0 Å². The van der Waals surface area contributed by atoms with Gasteiger partial charge < -0.3 is 10.5 Å². The van der Waals surface area contributed by atoms with Crippen molar-refractivity contribution in [2.45, 2.75) is 6.42 Å². The summed E-state index contributed by atoms with van der Waals surface area (Å²) in [7, 11) is 1.52. The maximum absolute atomic E-state index is 13.2. The normalized spacial score (nSPS) is 10.3. The van der Waals surface area contributed by atoms with Crippen molar-refractivity contribution in [1.82, 2.24) is 0 Å². The highest BCUT2D eigenvalue weighted by atomic mass is 79.9. The van der Waals surface area contributed by atoms with Gasteiger partial charge >= 0.3 is 0 Å². The lowest BCUT2D eigenvalue weighted by Crippen LogP contribution is -2.07. The van der Waals surface area contributed by atoms with Crippen LogP contribution in [0.25, 0.3) is 0 Å². The van der Waals surface area contributed by atoms with E-state index in [1.54, 1.807) is 30.3 Å². The largest absolute Gasteiger partial charge is 0.497 e. The Morgan fingerprint density at radius 1 is 1.30 bits per heavy atom. The molecule has 0 amide bonds. The number of benzene rings is 2. The van der Waals surface area contributed by atoms with E-state index in [-0.39, 0.29) is 18.0 Å². The fraction of sp³-hybridized carbons (Fsp3) is 0.133. The first-order valence-corrected chi connectivity index (χ1v) is 6.71. The molecule has 0 aliphatic heterocycles. The molecule has 2 aromatic carbocycles. The van der Waals surface area contributed by atoms with Crippen LogP contribution in [-0.4, -0.2) is 12.9 Å². The van der Waals surface area contributed by atoms with Crippen LogP contribution in [-0.2, 0) is 6.42 Å². The molecule has 0 heterocycles. The quantitative estimate of drug-likeness (QED) is 0.685. The molecule has 2 rings (SSSR count). The van der Waals surface area contributed by atoms with Crippen molar-refractivity contribution in [2.24, 2.45) is 0 Å². The van der Waals surface area contributed by atoms with Crippen molar-refractivity contribution in [3.63, 3.8) is 0 Å². The average Bonchev–Trinajstić information content (AvgIpc) is 2.43. The fourth-order valence-corrected chi connectivity index (χ4v) is 2.26. The summed E-state index contributed by atoms with van der Waals surface area (Å²) in [5.41, 5.74) is 7.33. The minimum Gasteiger partial charge on any atom is -0.497 e. The zero-order chi connectivity index (χ0) is 14.7. The molecule has 0 aliphatic carbocycles. The number of hydrogen-bond acceptors (Lipinski definition) is 3. The zero-order valence-corrected chi connectivity index (χ0v) is 12.4. The molecular formula is C15H13BrFNO2. The first-order chi connectivity index (χ1) is 9.51. The second-order valence-corrected chi connectivity index (χ2v) is 5.16. The van der Waals surface area contributed by atoms with Gasteiger partial charge in [0, 0.05) is 17.7 Å². The number of carbonyl (C=O) groups is 1. The van der Waals surface area contributed by atoms with E-state index < -0.39 is 0 Å². The summed E-state index contributed by atoms with van der Waals surface area (Å²) in [6.07, 6.45) is 0.149. The number of ether oxygens (including phenoxy) is 1. The van der Waals surface area contributed by atoms with Crippen LogP contribution >= 0.6 is 15.9 Å². The summed E-state index contributed by atoms with van der Waals surface area (Å²) in [6, 6.07) is 9.42. The lowest BCUT2D eigenvalue weighted by atomic mass is 10.0. The van der Waals surface area contributed by atoms with Gasteiger partial charge in [0.15, 0.2) is 5.78 Å². The Morgan fingerprint density at radius 2 is 2.05 bits per heavy atom. The number of nitrogens with two attached hydrogens (primary N) is 1. The Hall–Kier alpha value is -1.88. The van der Waals surface area contributed by atoms with Crippen molar-refractivity contribution in [3.8, 4) is 5.75 Å². The number of carbonyl (C=O) groups excluding carboxylic acids is 1. The summed E-state index contributed by atoms with van der Waals surface area (Å²) >= 11 is 3.10. The Balaban J connectivity index is 2.25. The molecule has 2 N–H and O–H groups in total. The fourth-order valence-electron chi connectivity index (χ4n) is 1.83. The molecule has 3 nitrogen and oxygen atoms in total. The number of ketones is 1. The number of hydrogen-bond donors (Lipinski definition) is 1. The molecule has 0 spiro atoms. The lowest BCUT2D eigenvalue weighted by molar-refractivity contribution is 0.0993. The third kappa shape index (κ3) is 3.17. The summed E-state index contributed by atoms with van der Waals surface area (Å²) < 4.78 is 18.6. The second kappa shape index (κ2) is 6.05. The number of Topliss-reactive ketones (excluding diaryl/α,β-unsaturated/α-hetero) is 1. The first kappa shape index (κ1) is 14.5. The minimum absolute atomic E-state index is 0.139. The van der Waals surface area contributed by atoms with Crippen LogP contribution in [0.5, 0.6) is 5.75 Å². The molecule has 5 heteroatoms. The summed E-state index contributed by atoms with van der Waals surface area (Å²) in [6.45, 7) is 0. The first-order valence-electron chi connectivity index (χ1n) is 5.92. The smallest absolute Gasteiger partial charge is 0.169 e. The molecule has 20 heavy (non-hydrogen) atoms. The van der Waals surface area contributed by atoms with E-state index in [0.717, 1.165) is 0 Å². The van der Waals surface area contributed by atoms with E-state index >= 15 is 0 Å². The molecule has 0 unspecified atom stereocenters. The molecule has 0 radical (unpaired) electrons. The van der Waals surface area contributed by atoms with Gasteiger partial charge in [-0.05, 0) is 51.8 Å². The number of halogens is 2. The topological polar surface area (TPSA) is 52.3 Å². The molecule has 0 aliphatic rings. The predicted molar refractivity (Wildman–Crippen MR) is 79.5 cm³/mol. The van der Waals surface area contributed by atoms with Gasteiger partial charge in [0.25, 0.3) is 0 Å². The average molecular weight is 338 g/mol. The highest BCUT2D eigenvalue weighted by Gasteiger charge is 2.13. The van der Waals surface area contributed by atoms with Crippen LogP contribution < -0.4 is 10.5 Å². The SMILES string of the molecule is COc1ccc(N)c(C(=O)Cc2ccc(F)c(Br)c2)c1. The number of anilines is 1. The Bertz CT molecular complexity index is 658. The van der Waals surface area contributed by atoms with E-state index in [1.807, 2.05) is 0 Å². The monoisotopic (exact) mass is 337 g/mol.